The van der Waals surface area contributed by atoms with Crippen molar-refractivity contribution in [2.24, 2.45) is 0 Å². The van der Waals surface area contributed by atoms with Crippen LogP contribution in [-0.2, 0) is 10.5 Å². The average molecular weight is 375 g/mol. The molecule has 1 aliphatic heterocycles. The number of nitrogens with one attached hydrogen (secondary N) is 1. The molecule has 1 saturated heterocycles. The van der Waals surface area contributed by atoms with E-state index < -0.39 is 5.97 Å². The number of rotatable bonds is 6. The molecule has 0 aliphatic carbocycles. The second kappa shape index (κ2) is 8.91. The van der Waals surface area contributed by atoms with E-state index in [1.165, 1.54) is 24.1 Å². The van der Waals surface area contributed by atoms with Gasteiger partial charge in [0, 0.05) is 24.2 Å². The highest BCUT2D eigenvalue weighted by molar-refractivity contribution is 7.98. The Labute approximate surface area is 155 Å². The number of thioether (sulfide) groups is 1. The van der Waals surface area contributed by atoms with Crippen molar-refractivity contribution in [3.63, 3.8) is 0 Å². The minimum atomic E-state index is -1.02. The number of benzene rings is 1. The van der Waals surface area contributed by atoms with Crippen molar-refractivity contribution in [3.8, 4) is 0 Å². The van der Waals surface area contributed by atoms with Gasteiger partial charge in [-0.3, -0.25) is 4.79 Å². The standard InChI is InChI=1S/C19H21NO5S/c21-18(20-13-4-3-9-24-10-7-13)15-5-1-2-6-17(15)26-12-16-14(19(22)23)8-11-25-16/h1-2,5-6,8,11,13H,3-4,7,9-10,12H2,(H,20,21)(H,22,23). The zero-order chi connectivity index (χ0) is 18.4. The summed E-state index contributed by atoms with van der Waals surface area (Å²) in [5, 5.41) is 12.2. The molecule has 1 amide bonds. The van der Waals surface area contributed by atoms with Crippen LogP contribution in [0.5, 0.6) is 0 Å². The Morgan fingerprint density at radius 2 is 2.00 bits per heavy atom. The normalized spacial score (nSPS) is 17.5. The molecule has 0 spiro atoms. The first-order valence-electron chi connectivity index (χ1n) is 8.55. The molecule has 1 fully saturated rings. The SMILES string of the molecule is O=C(NC1CCCOCC1)c1ccccc1SCc1occc1C(=O)O. The van der Waals surface area contributed by atoms with Crippen LogP contribution in [0, 0.1) is 0 Å². The molecule has 0 saturated carbocycles. The fourth-order valence-electron chi connectivity index (χ4n) is 2.88. The maximum atomic E-state index is 12.7. The van der Waals surface area contributed by atoms with E-state index in [0.717, 1.165) is 30.8 Å². The van der Waals surface area contributed by atoms with Crippen LogP contribution in [0.15, 0.2) is 45.9 Å². The third kappa shape index (κ3) is 4.68. The van der Waals surface area contributed by atoms with Gasteiger partial charge in [0.1, 0.15) is 11.3 Å². The third-order valence-electron chi connectivity index (χ3n) is 4.25. The highest BCUT2D eigenvalue weighted by Crippen LogP contribution is 2.28. The van der Waals surface area contributed by atoms with Crippen molar-refractivity contribution in [2.45, 2.75) is 36.0 Å². The first-order chi connectivity index (χ1) is 12.6. The molecule has 2 N–H and O–H groups in total. The zero-order valence-corrected chi connectivity index (χ0v) is 15.1. The Morgan fingerprint density at radius 1 is 1.15 bits per heavy atom. The number of hydrogen-bond acceptors (Lipinski definition) is 5. The van der Waals surface area contributed by atoms with Crippen LogP contribution in [0.3, 0.4) is 0 Å². The molecular weight excluding hydrogens is 354 g/mol. The van der Waals surface area contributed by atoms with Gasteiger partial charge < -0.3 is 19.6 Å². The largest absolute Gasteiger partial charge is 0.478 e. The predicted molar refractivity (Wildman–Crippen MR) is 97.6 cm³/mol. The van der Waals surface area contributed by atoms with Gasteiger partial charge in [-0.15, -0.1) is 11.8 Å². The van der Waals surface area contributed by atoms with E-state index in [1.807, 2.05) is 18.2 Å². The summed E-state index contributed by atoms with van der Waals surface area (Å²) in [5.41, 5.74) is 0.740. The van der Waals surface area contributed by atoms with Crippen molar-refractivity contribution >= 4 is 23.6 Å². The summed E-state index contributed by atoms with van der Waals surface area (Å²) in [5.74, 6) is -0.400. The molecule has 138 valence electrons. The maximum Gasteiger partial charge on any atom is 0.339 e. The summed E-state index contributed by atoms with van der Waals surface area (Å²) in [7, 11) is 0. The fourth-order valence-corrected chi connectivity index (χ4v) is 3.88. The number of carboxylic acids is 1. The Morgan fingerprint density at radius 3 is 2.85 bits per heavy atom. The van der Waals surface area contributed by atoms with E-state index in [0.29, 0.717) is 23.7 Å². The molecule has 1 aromatic heterocycles. The van der Waals surface area contributed by atoms with Crippen molar-refractivity contribution < 1.29 is 23.8 Å². The number of carboxylic acid groups (broad SMARTS) is 1. The van der Waals surface area contributed by atoms with Gasteiger partial charge in [0.05, 0.1) is 17.6 Å². The summed E-state index contributed by atoms with van der Waals surface area (Å²) in [6.07, 6.45) is 4.04. The van der Waals surface area contributed by atoms with E-state index in [2.05, 4.69) is 5.32 Å². The molecule has 26 heavy (non-hydrogen) atoms. The molecule has 1 aromatic carbocycles. The van der Waals surface area contributed by atoms with Crippen LogP contribution in [0.4, 0.5) is 0 Å². The smallest absolute Gasteiger partial charge is 0.339 e. The molecule has 2 heterocycles. The zero-order valence-electron chi connectivity index (χ0n) is 14.3. The van der Waals surface area contributed by atoms with Crippen LogP contribution < -0.4 is 5.32 Å². The first-order valence-corrected chi connectivity index (χ1v) is 9.54. The lowest BCUT2D eigenvalue weighted by Crippen LogP contribution is -2.35. The molecule has 1 unspecified atom stereocenters. The number of carbonyl (C=O) groups is 2. The van der Waals surface area contributed by atoms with E-state index in [1.54, 1.807) is 6.07 Å². The van der Waals surface area contributed by atoms with Crippen molar-refractivity contribution in [3.05, 3.63) is 53.5 Å². The lowest BCUT2D eigenvalue weighted by atomic mass is 10.1. The number of hydrogen-bond donors (Lipinski definition) is 2. The number of carbonyl (C=O) groups excluding carboxylic acids is 1. The van der Waals surface area contributed by atoms with E-state index in [9.17, 15) is 9.59 Å². The Kier molecular flexibility index (Phi) is 6.35. The maximum absolute atomic E-state index is 12.7. The minimum absolute atomic E-state index is 0.113. The van der Waals surface area contributed by atoms with Gasteiger partial charge in [-0.2, -0.15) is 0 Å². The summed E-state index contributed by atoms with van der Waals surface area (Å²) in [6, 6.07) is 8.88. The second-order valence-corrected chi connectivity index (χ2v) is 7.08. The summed E-state index contributed by atoms with van der Waals surface area (Å²) >= 11 is 1.39. The lowest BCUT2D eigenvalue weighted by molar-refractivity contribution is 0.0694. The predicted octanol–water partition coefficient (Wildman–Crippen LogP) is 3.57. The first kappa shape index (κ1) is 18.5. The topological polar surface area (TPSA) is 88.8 Å². The molecular formula is C19H21NO5S. The number of furan rings is 1. The summed E-state index contributed by atoms with van der Waals surface area (Å²) in [4.78, 5) is 24.7. The fraction of sp³-hybridized carbons (Fsp3) is 0.368. The molecule has 2 aromatic rings. The quantitative estimate of drug-likeness (QED) is 0.751. The van der Waals surface area contributed by atoms with E-state index in [-0.39, 0.29) is 17.5 Å². The van der Waals surface area contributed by atoms with Gasteiger partial charge in [-0.25, -0.2) is 4.79 Å². The minimum Gasteiger partial charge on any atom is -0.478 e. The Hall–Kier alpha value is -2.25. The van der Waals surface area contributed by atoms with Gasteiger partial charge in [0.2, 0.25) is 0 Å². The van der Waals surface area contributed by atoms with Crippen LogP contribution in [-0.4, -0.2) is 36.2 Å². The third-order valence-corrected chi connectivity index (χ3v) is 5.33. The Bertz CT molecular complexity index is 765. The number of ether oxygens (including phenoxy) is 1. The Balaban J connectivity index is 1.68. The lowest BCUT2D eigenvalue weighted by Gasteiger charge is -2.17. The highest BCUT2D eigenvalue weighted by Gasteiger charge is 2.19. The van der Waals surface area contributed by atoms with Crippen LogP contribution in [0.2, 0.25) is 0 Å². The van der Waals surface area contributed by atoms with E-state index >= 15 is 0 Å². The number of amides is 1. The van der Waals surface area contributed by atoms with Crippen molar-refractivity contribution in [1.29, 1.82) is 0 Å². The molecule has 6 nitrogen and oxygen atoms in total. The summed E-state index contributed by atoms with van der Waals surface area (Å²) in [6.45, 7) is 1.41. The molecule has 1 atom stereocenters. The van der Waals surface area contributed by atoms with Crippen molar-refractivity contribution in [2.75, 3.05) is 13.2 Å². The van der Waals surface area contributed by atoms with Gasteiger partial charge >= 0.3 is 5.97 Å². The molecule has 0 bridgehead atoms. The molecule has 1 aliphatic rings. The second-order valence-electron chi connectivity index (χ2n) is 6.06. The molecule has 3 rings (SSSR count). The monoisotopic (exact) mass is 375 g/mol. The average Bonchev–Trinajstić information content (AvgIpc) is 2.97. The van der Waals surface area contributed by atoms with Crippen molar-refractivity contribution in [1.82, 2.24) is 5.32 Å². The van der Waals surface area contributed by atoms with Gasteiger partial charge in [0.15, 0.2) is 0 Å². The van der Waals surface area contributed by atoms with E-state index in [4.69, 9.17) is 14.3 Å². The van der Waals surface area contributed by atoms with Crippen LogP contribution >= 0.6 is 11.8 Å². The number of aromatic carboxylic acids is 1. The van der Waals surface area contributed by atoms with Gasteiger partial charge in [-0.05, 0) is 37.5 Å². The van der Waals surface area contributed by atoms with Gasteiger partial charge in [-0.1, -0.05) is 12.1 Å². The highest BCUT2D eigenvalue weighted by atomic mass is 32.2. The van der Waals surface area contributed by atoms with Crippen LogP contribution in [0.1, 0.15) is 45.7 Å². The molecule has 0 radical (unpaired) electrons. The van der Waals surface area contributed by atoms with Crippen LogP contribution in [0.25, 0.3) is 0 Å². The molecule has 7 heteroatoms. The van der Waals surface area contributed by atoms with Gasteiger partial charge in [0.25, 0.3) is 5.91 Å². The summed E-state index contributed by atoms with van der Waals surface area (Å²) < 4.78 is 10.7.